The van der Waals surface area contributed by atoms with E-state index in [4.69, 9.17) is 4.74 Å². The molecule has 0 saturated carbocycles. The average molecular weight is 351 g/mol. The van der Waals surface area contributed by atoms with Crippen LogP contribution in [0.4, 0.5) is 4.39 Å². The molecule has 0 amide bonds. The van der Waals surface area contributed by atoms with Gasteiger partial charge in [0.25, 0.3) is 0 Å². The fourth-order valence-electron chi connectivity index (χ4n) is 3.10. The maximum atomic E-state index is 14.1. The second-order valence-electron chi connectivity index (χ2n) is 6.21. The van der Waals surface area contributed by atoms with Crippen molar-refractivity contribution in [2.45, 2.75) is 19.5 Å². The molecule has 0 N–H and O–H groups in total. The van der Waals surface area contributed by atoms with Crippen molar-refractivity contribution in [2.75, 3.05) is 13.7 Å². The molecule has 0 radical (unpaired) electrons. The van der Waals surface area contributed by atoms with Crippen LogP contribution >= 0.6 is 0 Å². The van der Waals surface area contributed by atoms with Crippen molar-refractivity contribution in [1.29, 1.82) is 0 Å². The number of benzene rings is 1. The zero-order valence-corrected chi connectivity index (χ0v) is 14.4. The largest absolute Gasteiger partial charge is 0.497 e. The molecule has 1 aliphatic heterocycles. The second-order valence-corrected chi connectivity index (χ2v) is 6.21. The van der Waals surface area contributed by atoms with E-state index in [1.54, 1.807) is 31.6 Å². The first-order valence-electron chi connectivity index (χ1n) is 8.38. The summed E-state index contributed by atoms with van der Waals surface area (Å²) in [6.45, 7) is 2.03. The zero-order valence-electron chi connectivity index (χ0n) is 14.4. The molecule has 26 heavy (non-hydrogen) atoms. The molecule has 132 valence electrons. The van der Waals surface area contributed by atoms with E-state index in [-0.39, 0.29) is 5.82 Å². The van der Waals surface area contributed by atoms with E-state index in [9.17, 15) is 4.39 Å². The van der Waals surface area contributed by atoms with Crippen molar-refractivity contribution in [3.63, 3.8) is 0 Å². The van der Waals surface area contributed by atoms with Crippen molar-refractivity contribution in [2.24, 2.45) is 0 Å². The zero-order chi connectivity index (χ0) is 17.9. The Kier molecular flexibility index (Phi) is 4.53. The van der Waals surface area contributed by atoms with E-state index in [2.05, 4.69) is 24.8 Å². The molecule has 3 heterocycles. The molecule has 0 atom stereocenters. The molecule has 0 bridgehead atoms. The molecular weight excluding hydrogens is 333 g/mol. The van der Waals surface area contributed by atoms with Gasteiger partial charge in [0.15, 0.2) is 5.82 Å². The summed E-state index contributed by atoms with van der Waals surface area (Å²) in [6.07, 6.45) is 7.53. The predicted molar refractivity (Wildman–Crippen MR) is 93.8 cm³/mol. The van der Waals surface area contributed by atoms with Crippen LogP contribution in [0.3, 0.4) is 0 Å². The first-order chi connectivity index (χ1) is 12.7. The summed E-state index contributed by atoms with van der Waals surface area (Å²) in [4.78, 5) is 19.3. The summed E-state index contributed by atoms with van der Waals surface area (Å²) < 4.78 is 19.3. The molecule has 0 unspecified atom stereocenters. The van der Waals surface area contributed by atoms with Crippen LogP contribution in [0, 0.1) is 5.82 Å². The lowest BCUT2D eigenvalue weighted by atomic mass is 10.1. The first-order valence-corrected chi connectivity index (χ1v) is 8.38. The van der Waals surface area contributed by atoms with Crippen LogP contribution in [0.2, 0.25) is 0 Å². The molecule has 2 aromatic heterocycles. The maximum Gasteiger partial charge on any atom is 0.162 e. The maximum absolute atomic E-state index is 14.1. The third kappa shape index (κ3) is 3.39. The Morgan fingerprint density at radius 2 is 2.04 bits per heavy atom. The number of nitrogens with zero attached hydrogens (tertiary/aromatic N) is 5. The number of fused-ring (bicyclic) bond motifs is 1. The fourth-order valence-corrected chi connectivity index (χ4v) is 3.10. The Labute approximate surface area is 150 Å². The molecule has 1 aliphatic rings. The Morgan fingerprint density at radius 3 is 2.85 bits per heavy atom. The minimum atomic E-state index is -0.215. The minimum absolute atomic E-state index is 0.215. The molecule has 0 spiro atoms. The standard InChI is InChI=1S/C19H18FN5O/c1-26-16-2-3-17(20)13(6-16)10-25-5-4-18-15(11-25)9-23-19(24-18)14-7-21-12-22-8-14/h2-3,6-9,12H,4-5,10-11H2,1H3. The van der Waals surface area contributed by atoms with E-state index in [1.807, 2.05) is 6.20 Å². The molecule has 3 aromatic rings. The van der Waals surface area contributed by atoms with Crippen LogP contribution in [0.1, 0.15) is 16.8 Å². The van der Waals surface area contributed by atoms with Crippen LogP contribution in [0.5, 0.6) is 5.75 Å². The average Bonchev–Trinajstić information content (AvgIpc) is 2.70. The van der Waals surface area contributed by atoms with E-state index >= 15 is 0 Å². The molecule has 0 saturated heterocycles. The number of ether oxygens (including phenoxy) is 1. The lowest BCUT2D eigenvalue weighted by Gasteiger charge is -2.28. The molecule has 0 fully saturated rings. The van der Waals surface area contributed by atoms with Gasteiger partial charge in [-0.3, -0.25) is 4.90 Å². The summed E-state index contributed by atoms with van der Waals surface area (Å²) in [5, 5.41) is 0. The smallest absolute Gasteiger partial charge is 0.162 e. The van der Waals surface area contributed by atoms with Crippen molar-refractivity contribution in [3.8, 4) is 17.1 Å². The van der Waals surface area contributed by atoms with Gasteiger partial charge in [-0.2, -0.15) is 0 Å². The van der Waals surface area contributed by atoms with Gasteiger partial charge in [-0.15, -0.1) is 0 Å². The van der Waals surface area contributed by atoms with Crippen LogP contribution in [-0.4, -0.2) is 38.5 Å². The van der Waals surface area contributed by atoms with Gasteiger partial charge in [0.2, 0.25) is 0 Å². The summed E-state index contributed by atoms with van der Waals surface area (Å²) in [7, 11) is 1.58. The predicted octanol–water partition coefficient (Wildman–Crippen LogP) is 2.64. The fraction of sp³-hybridized carbons (Fsp3) is 0.263. The monoisotopic (exact) mass is 351 g/mol. The SMILES string of the molecule is COc1ccc(F)c(CN2CCc3nc(-c4cncnc4)ncc3C2)c1. The van der Waals surface area contributed by atoms with E-state index in [0.717, 1.165) is 29.8 Å². The summed E-state index contributed by atoms with van der Waals surface area (Å²) in [5.74, 6) is 1.08. The van der Waals surface area contributed by atoms with Crippen LogP contribution in [-0.2, 0) is 19.5 Å². The number of aromatic nitrogens is 4. The van der Waals surface area contributed by atoms with Gasteiger partial charge in [0.1, 0.15) is 17.9 Å². The first kappa shape index (κ1) is 16.5. The van der Waals surface area contributed by atoms with Crippen molar-refractivity contribution in [3.05, 3.63) is 65.8 Å². The van der Waals surface area contributed by atoms with Crippen molar-refractivity contribution >= 4 is 0 Å². The molecule has 0 aliphatic carbocycles. The molecule has 4 rings (SSSR count). The van der Waals surface area contributed by atoms with E-state index in [1.165, 1.54) is 12.4 Å². The molecule has 6 nitrogen and oxygen atoms in total. The Morgan fingerprint density at radius 1 is 1.19 bits per heavy atom. The summed E-state index contributed by atoms with van der Waals surface area (Å²) in [6, 6.07) is 4.83. The van der Waals surface area contributed by atoms with Crippen LogP contribution in [0.25, 0.3) is 11.4 Å². The third-order valence-electron chi connectivity index (χ3n) is 4.48. The topological polar surface area (TPSA) is 64.0 Å². The van der Waals surface area contributed by atoms with E-state index in [0.29, 0.717) is 30.2 Å². The highest BCUT2D eigenvalue weighted by molar-refractivity contribution is 5.52. The van der Waals surface area contributed by atoms with Crippen molar-refractivity contribution in [1.82, 2.24) is 24.8 Å². The number of halogens is 1. The highest BCUT2D eigenvalue weighted by Gasteiger charge is 2.20. The highest BCUT2D eigenvalue weighted by Crippen LogP contribution is 2.23. The van der Waals surface area contributed by atoms with Gasteiger partial charge in [-0.25, -0.2) is 24.3 Å². The minimum Gasteiger partial charge on any atom is -0.497 e. The van der Waals surface area contributed by atoms with Gasteiger partial charge in [0, 0.05) is 55.8 Å². The Balaban J connectivity index is 1.52. The molecule has 1 aromatic carbocycles. The van der Waals surface area contributed by atoms with Gasteiger partial charge in [-0.05, 0) is 18.2 Å². The van der Waals surface area contributed by atoms with Gasteiger partial charge >= 0.3 is 0 Å². The summed E-state index contributed by atoms with van der Waals surface area (Å²) in [5.41, 5.74) is 3.53. The van der Waals surface area contributed by atoms with Crippen molar-refractivity contribution < 1.29 is 9.13 Å². The lowest BCUT2D eigenvalue weighted by molar-refractivity contribution is 0.239. The van der Waals surface area contributed by atoms with Crippen LogP contribution in [0.15, 0.2) is 43.1 Å². The number of hydrogen-bond acceptors (Lipinski definition) is 6. The molecular formula is C19H18FN5O. The number of methoxy groups -OCH3 is 1. The van der Waals surface area contributed by atoms with Gasteiger partial charge in [-0.1, -0.05) is 0 Å². The van der Waals surface area contributed by atoms with Gasteiger partial charge in [0.05, 0.1) is 18.4 Å². The normalized spacial score (nSPS) is 14.1. The van der Waals surface area contributed by atoms with Crippen LogP contribution < -0.4 is 4.74 Å². The lowest BCUT2D eigenvalue weighted by Crippen LogP contribution is -2.31. The van der Waals surface area contributed by atoms with E-state index < -0.39 is 0 Å². The van der Waals surface area contributed by atoms with Gasteiger partial charge < -0.3 is 4.74 Å². The summed E-state index contributed by atoms with van der Waals surface area (Å²) >= 11 is 0. The second kappa shape index (κ2) is 7.13. The third-order valence-corrected chi connectivity index (χ3v) is 4.48. The number of hydrogen-bond donors (Lipinski definition) is 0. The molecule has 7 heteroatoms. The highest BCUT2D eigenvalue weighted by atomic mass is 19.1. The Hall–Kier alpha value is -2.93. The number of rotatable bonds is 4. The Bertz CT molecular complexity index is 919. The quantitative estimate of drug-likeness (QED) is 0.720.